The molecule has 0 N–H and O–H groups in total. The van der Waals surface area contributed by atoms with Gasteiger partial charge >= 0.3 is 11.5 Å². The quantitative estimate of drug-likeness (QED) is 0.320. The molecule has 0 aliphatic heterocycles. The third-order valence-electron chi connectivity index (χ3n) is 4.27. The summed E-state index contributed by atoms with van der Waals surface area (Å²) < 4.78 is 140. The fraction of sp³-hybridized carbons (Fsp3) is 0.933. The zero-order valence-electron chi connectivity index (χ0n) is 16.5. The lowest BCUT2D eigenvalue weighted by molar-refractivity contribution is -0.159. The van der Waals surface area contributed by atoms with Crippen molar-refractivity contribution in [2.75, 3.05) is 12.9 Å². The van der Waals surface area contributed by atoms with E-state index in [4.69, 9.17) is 0 Å². The first-order valence-corrected chi connectivity index (χ1v) is 11.9. The number of sulfone groups is 2. The molecule has 0 aliphatic carbocycles. The molecule has 180 valence electrons. The Bertz CT molecular complexity index is 817. The summed E-state index contributed by atoms with van der Waals surface area (Å²) in [4.78, 5) is 11.7. The van der Waals surface area contributed by atoms with Gasteiger partial charge in [0.2, 0.25) is 0 Å². The molecule has 0 aliphatic rings. The summed E-state index contributed by atoms with van der Waals surface area (Å²) in [5, 5.41) is 0. The van der Waals surface area contributed by atoms with Crippen LogP contribution in [-0.4, -0.2) is 57.6 Å². The first-order chi connectivity index (χ1) is 13.0. The van der Waals surface area contributed by atoms with E-state index in [-0.39, 0.29) is 6.26 Å². The molecule has 0 heterocycles. The smallest absolute Gasteiger partial charge is 0.465 e. The summed E-state index contributed by atoms with van der Waals surface area (Å²) in [6, 6.07) is 0. The number of alkyl halides is 7. The maximum absolute atomic E-state index is 14.0. The van der Waals surface area contributed by atoms with Gasteiger partial charge in [-0.05, 0) is 20.3 Å². The van der Waals surface area contributed by atoms with Crippen molar-refractivity contribution in [3.63, 3.8) is 0 Å². The molecule has 0 aromatic rings. The van der Waals surface area contributed by atoms with E-state index in [1.54, 1.807) is 6.92 Å². The Morgan fingerprint density at radius 2 is 1.40 bits per heavy atom. The number of hydrogen-bond acceptors (Lipinski definition) is 6. The van der Waals surface area contributed by atoms with Crippen LogP contribution in [0.15, 0.2) is 0 Å². The van der Waals surface area contributed by atoms with Gasteiger partial charge in [-0.25, -0.2) is 34.4 Å². The van der Waals surface area contributed by atoms with E-state index in [0.717, 1.165) is 0 Å². The molecule has 0 rings (SSSR count). The highest BCUT2D eigenvalue weighted by Crippen LogP contribution is 2.40. The van der Waals surface area contributed by atoms with E-state index < -0.39 is 78.9 Å². The molecular formula is C15H23F7O6S2. The molecule has 0 aromatic carbocycles. The van der Waals surface area contributed by atoms with Crippen molar-refractivity contribution in [3.8, 4) is 0 Å². The fourth-order valence-electron chi connectivity index (χ4n) is 2.06. The fourth-order valence-corrected chi connectivity index (χ4v) is 5.53. The summed E-state index contributed by atoms with van der Waals surface area (Å²) >= 11 is 0. The Hall–Kier alpha value is -1.12. The Balaban J connectivity index is 5.37. The van der Waals surface area contributed by atoms with E-state index in [2.05, 4.69) is 4.74 Å². The molecular weight excluding hydrogens is 473 g/mol. The number of rotatable bonds is 11. The van der Waals surface area contributed by atoms with Crippen LogP contribution in [0.25, 0.3) is 0 Å². The van der Waals surface area contributed by atoms with Gasteiger partial charge in [0.1, 0.15) is 0 Å². The third-order valence-corrected chi connectivity index (χ3v) is 8.70. The average Bonchev–Trinajstić information content (AvgIpc) is 2.48. The molecule has 0 fully saturated rings. The molecule has 0 bridgehead atoms. The molecule has 15 heteroatoms. The van der Waals surface area contributed by atoms with Gasteiger partial charge in [-0.15, -0.1) is 0 Å². The van der Waals surface area contributed by atoms with Crippen LogP contribution < -0.4 is 0 Å². The largest absolute Gasteiger partial charge is 0.498 e. The van der Waals surface area contributed by atoms with Crippen molar-refractivity contribution in [2.24, 2.45) is 5.41 Å². The summed E-state index contributed by atoms with van der Waals surface area (Å²) in [6.07, 6.45) is -6.10. The van der Waals surface area contributed by atoms with Crippen molar-refractivity contribution < 1.29 is 57.1 Å². The first kappa shape index (κ1) is 28.9. The number of hydrogen-bond donors (Lipinski definition) is 0. The normalized spacial score (nSPS) is 15.7. The van der Waals surface area contributed by atoms with Crippen molar-refractivity contribution in [1.82, 2.24) is 0 Å². The van der Waals surface area contributed by atoms with Crippen molar-refractivity contribution >= 4 is 25.6 Å². The van der Waals surface area contributed by atoms with Crippen LogP contribution in [0.1, 0.15) is 46.5 Å². The molecule has 0 aromatic heterocycles. The SMILES string of the molecule is CCC(C)(C)C(=O)OCCC(F)(F)CC(F)(F)CC(S(C)(=O)=O)S(=O)(=O)C(F)(F)F. The molecule has 0 radical (unpaired) electrons. The second kappa shape index (κ2) is 9.17. The highest BCUT2D eigenvalue weighted by Gasteiger charge is 2.58. The molecule has 0 amide bonds. The Labute approximate surface area is 170 Å². The van der Waals surface area contributed by atoms with Crippen LogP contribution in [0.2, 0.25) is 0 Å². The predicted octanol–water partition coefficient (Wildman–Crippen LogP) is 3.71. The average molecular weight is 496 g/mol. The highest BCUT2D eigenvalue weighted by atomic mass is 32.3. The minimum absolute atomic E-state index is 0.0237. The number of carbonyl (C=O) groups is 1. The first-order valence-electron chi connectivity index (χ1n) is 8.40. The minimum Gasteiger partial charge on any atom is -0.465 e. The Kier molecular flexibility index (Phi) is 8.82. The van der Waals surface area contributed by atoms with Gasteiger partial charge in [-0.1, -0.05) is 6.92 Å². The van der Waals surface area contributed by atoms with E-state index in [0.29, 0.717) is 6.42 Å². The predicted molar refractivity (Wildman–Crippen MR) is 92.4 cm³/mol. The third kappa shape index (κ3) is 8.19. The standard InChI is InChI=1S/C15H23F7O6S2/c1-5-12(2,3)11(23)28-7-6-13(16,17)9-14(18,19)8-10(29(4,24)25)30(26,27)15(20,21)22/h10H,5-9H2,1-4H3. The Morgan fingerprint density at radius 3 is 1.77 bits per heavy atom. The highest BCUT2D eigenvalue weighted by molar-refractivity contribution is 8.09. The molecule has 30 heavy (non-hydrogen) atoms. The minimum atomic E-state index is -6.61. The monoisotopic (exact) mass is 496 g/mol. The topological polar surface area (TPSA) is 94.6 Å². The van der Waals surface area contributed by atoms with Crippen molar-refractivity contribution in [2.45, 2.75) is 68.4 Å². The molecule has 6 nitrogen and oxygen atoms in total. The van der Waals surface area contributed by atoms with Gasteiger partial charge in [0.15, 0.2) is 14.4 Å². The lowest BCUT2D eigenvalue weighted by atomic mass is 9.91. The molecule has 1 atom stereocenters. The second-order valence-electron chi connectivity index (χ2n) is 7.47. The van der Waals surface area contributed by atoms with E-state index >= 15 is 0 Å². The maximum atomic E-state index is 14.0. The lowest BCUT2D eigenvalue weighted by Gasteiger charge is -2.27. The van der Waals surface area contributed by atoms with E-state index in [9.17, 15) is 52.4 Å². The van der Waals surface area contributed by atoms with Crippen molar-refractivity contribution in [3.05, 3.63) is 0 Å². The van der Waals surface area contributed by atoms with Crippen LogP contribution >= 0.6 is 0 Å². The zero-order chi connectivity index (χ0) is 24.4. The number of carbonyl (C=O) groups excluding carboxylic acids is 1. The Morgan fingerprint density at radius 1 is 0.933 bits per heavy atom. The van der Waals surface area contributed by atoms with Crippen LogP contribution in [0.5, 0.6) is 0 Å². The van der Waals surface area contributed by atoms with Crippen LogP contribution in [-0.2, 0) is 29.2 Å². The van der Waals surface area contributed by atoms with Crippen LogP contribution in [0, 0.1) is 5.41 Å². The summed E-state index contributed by atoms with van der Waals surface area (Å²) in [5.41, 5.74) is -7.20. The summed E-state index contributed by atoms with van der Waals surface area (Å²) in [6.45, 7) is 3.54. The zero-order valence-corrected chi connectivity index (χ0v) is 18.2. The number of ether oxygens (including phenoxy) is 1. The maximum Gasteiger partial charge on any atom is 0.498 e. The van der Waals surface area contributed by atoms with Gasteiger partial charge in [0, 0.05) is 19.1 Å². The summed E-state index contributed by atoms with van der Waals surface area (Å²) in [5.74, 6) is -9.95. The molecule has 0 spiro atoms. The number of halogens is 7. The van der Waals surface area contributed by atoms with Gasteiger partial charge in [-0.3, -0.25) is 4.79 Å². The van der Waals surface area contributed by atoms with Crippen LogP contribution in [0.3, 0.4) is 0 Å². The van der Waals surface area contributed by atoms with Gasteiger partial charge in [0.05, 0.1) is 18.4 Å². The number of esters is 1. The van der Waals surface area contributed by atoms with Gasteiger partial charge in [-0.2, -0.15) is 13.2 Å². The molecule has 1 unspecified atom stereocenters. The van der Waals surface area contributed by atoms with Gasteiger partial charge < -0.3 is 4.74 Å². The van der Waals surface area contributed by atoms with Crippen molar-refractivity contribution in [1.29, 1.82) is 0 Å². The van der Waals surface area contributed by atoms with Gasteiger partial charge in [0.25, 0.3) is 21.7 Å². The molecule has 0 saturated heterocycles. The van der Waals surface area contributed by atoms with E-state index in [1.165, 1.54) is 13.8 Å². The van der Waals surface area contributed by atoms with E-state index in [1.807, 2.05) is 0 Å². The lowest BCUT2D eigenvalue weighted by Crippen LogP contribution is -2.44. The second-order valence-corrected chi connectivity index (χ2v) is 12.1. The summed E-state index contributed by atoms with van der Waals surface area (Å²) in [7, 11) is -11.9. The molecule has 0 saturated carbocycles. The van der Waals surface area contributed by atoms with Crippen LogP contribution in [0.4, 0.5) is 30.7 Å².